The van der Waals surface area contributed by atoms with Crippen molar-refractivity contribution >= 4 is 5.91 Å². The Bertz CT molecular complexity index is 631. The summed E-state index contributed by atoms with van der Waals surface area (Å²) in [6.45, 7) is 5.12. The molecule has 1 unspecified atom stereocenters. The molecule has 0 radical (unpaired) electrons. The molecule has 1 aromatic rings. The molecule has 2 fully saturated rings. The number of H-pyrrole nitrogens is 1. The van der Waals surface area contributed by atoms with E-state index >= 15 is 0 Å². The van der Waals surface area contributed by atoms with Gasteiger partial charge in [-0.05, 0) is 38.3 Å². The molecule has 1 saturated heterocycles. The third-order valence-electron chi connectivity index (χ3n) is 5.23. The lowest BCUT2D eigenvalue weighted by Gasteiger charge is -2.41. The molecular formula is C16H23N3O2. The summed E-state index contributed by atoms with van der Waals surface area (Å²) in [5.41, 5.74) is 8.50. The summed E-state index contributed by atoms with van der Waals surface area (Å²) in [6, 6.07) is 2.00. The first kappa shape index (κ1) is 14.3. The molecule has 5 nitrogen and oxygen atoms in total. The zero-order valence-electron chi connectivity index (χ0n) is 12.7. The number of nitrogens with one attached hydrogen (secondary N) is 1. The summed E-state index contributed by atoms with van der Waals surface area (Å²) in [6.07, 6.45) is 3.64. The second-order valence-electron chi connectivity index (χ2n) is 6.72. The number of carbonyl (C=O) groups excluding carboxylic acids is 1. The van der Waals surface area contributed by atoms with Crippen LogP contribution in [0, 0.1) is 19.3 Å². The maximum Gasteiger partial charge on any atom is 0.252 e. The van der Waals surface area contributed by atoms with Crippen molar-refractivity contribution in [3.8, 4) is 0 Å². The summed E-state index contributed by atoms with van der Waals surface area (Å²) < 4.78 is 0. The quantitative estimate of drug-likeness (QED) is 0.848. The average molecular weight is 289 g/mol. The number of nitrogens with two attached hydrogens (primary N) is 1. The van der Waals surface area contributed by atoms with E-state index in [2.05, 4.69) is 4.98 Å². The summed E-state index contributed by atoms with van der Waals surface area (Å²) in [5.74, 6) is 0.0201. The molecule has 1 saturated carbocycles. The number of pyridine rings is 1. The van der Waals surface area contributed by atoms with Gasteiger partial charge in [-0.1, -0.05) is 6.42 Å². The third kappa shape index (κ3) is 2.39. The lowest BCUT2D eigenvalue weighted by molar-refractivity contribution is -0.130. The molecule has 1 aromatic heterocycles. The van der Waals surface area contributed by atoms with Gasteiger partial charge in [0.2, 0.25) is 5.91 Å². The molecule has 114 valence electrons. The van der Waals surface area contributed by atoms with Gasteiger partial charge in [0, 0.05) is 35.8 Å². The van der Waals surface area contributed by atoms with E-state index in [9.17, 15) is 9.59 Å². The molecule has 0 bridgehead atoms. The molecule has 2 heterocycles. The maximum atomic E-state index is 12.5. The predicted molar refractivity (Wildman–Crippen MR) is 81.1 cm³/mol. The molecule has 1 amide bonds. The molecule has 3 rings (SSSR count). The van der Waals surface area contributed by atoms with Gasteiger partial charge in [0.15, 0.2) is 0 Å². The van der Waals surface area contributed by atoms with Gasteiger partial charge in [0.25, 0.3) is 5.56 Å². The van der Waals surface area contributed by atoms with E-state index in [1.807, 2.05) is 24.8 Å². The van der Waals surface area contributed by atoms with Crippen molar-refractivity contribution in [2.45, 2.75) is 45.6 Å². The predicted octanol–water partition coefficient (Wildman–Crippen LogP) is 0.874. The minimum absolute atomic E-state index is 0.0201. The number of aromatic nitrogens is 1. The molecule has 0 aromatic carbocycles. The number of nitrogens with zero attached hydrogens (tertiary/aromatic N) is 1. The molecule has 2 aliphatic rings. The Morgan fingerprint density at radius 1 is 1.48 bits per heavy atom. The van der Waals surface area contributed by atoms with E-state index in [0.29, 0.717) is 12.1 Å². The fourth-order valence-corrected chi connectivity index (χ4v) is 3.71. The Hall–Kier alpha value is -1.62. The summed E-state index contributed by atoms with van der Waals surface area (Å²) in [5, 5.41) is 0. The van der Waals surface area contributed by atoms with Crippen LogP contribution in [0.3, 0.4) is 0 Å². The molecular weight excluding hydrogens is 266 g/mol. The number of likely N-dealkylation sites (tertiary alicyclic amines) is 1. The molecule has 1 atom stereocenters. The van der Waals surface area contributed by atoms with E-state index < -0.39 is 0 Å². The highest BCUT2D eigenvalue weighted by Crippen LogP contribution is 2.47. The van der Waals surface area contributed by atoms with Gasteiger partial charge >= 0.3 is 0 Å². The summed E-state index contributed by atoms with van der Waals surface area (Å²) >= 11 is 0. The van der Waals surface area contributed by atoms with Crippen LogP contribution in [0.25, 0.3) is 0 Å². The van der Waals surface area contributed by atoms with E-state index in [0.717, 1.165) is 30.6 Å². The Labute approximate surface area is 124 Å². The zero-order chi connectivity index (χ0) is 15.2. The molecule has 3 N–H and O–H groups in total. The first-order valence-electron chi connectivity index (χ1n) is 7.64. The highest BCUT2D eigenvalue weighted by atomic mass is 16.2. The van der Waals surface area contributed by atoms with Crippen molar-refractivity contribution in [1.29, 1.82) is 0 Å². The fourth-order valence-electron chi connectivity index (χ4n) is 3.71. The maximum absolute atomic E-state index is 12.5. The van der Waals surface area contributed by atoms with Crippen LogP contribution in [-0.4, -0.2) is 34.9 Å². The number of aromatic amines is 1. The van der Waals surface area contributed by atoms with E-state index in [1.54, 1.807) is 0 Å². The first-order chi connectivity index (χ1) is 9.91. The van der Waals surface area contributed by atoms with E-state index in [-0.39, 0.29) is 29.3 Å². The smallest absolute Gasteiger partial charge is 0.252 e. The number of hydrogen-bond donors (Lipinski definition) is 2. The van der Waals surface area contributed by atoms with Crippen LogP contribution in [0.15, 0.2) is 10.9 Å². The van der Waals surface area contributed by atoms with Crippen LogP contribution in [0.1, 0.15) is 36.1 Å². The van der Waals surface area contributed by atoms with Crippen molar-refractivity contribution < 1.29 is 4.79 Å². The Kier molecular flexibility index (Phi) is 3.40. The van der Waals surface area contributed by atoms with Crippen molar-refractivity contribution in [2.24, 2.45) is 11.1 Å². The highest BCUT2D eigenvalue weighted by Gasteiger charge is 2.49. The highest BCUT2D eigenvalue weighted by molar-refractivity contribution is 5.79. The summed E-state index contributed by atoms with van der Waals surface area (Å²) in [4.78, 5) is 29.1. The second-order valence-corrected chi connectivity index (χ2v) is 6.72. The van der Waals surface area contributed by atoms with Crippen molar-refractivity contribution in [3.05, 3.63) is 33.2 Å². The van der Waals surface area contributed by atoms with Gasteiger partial charge in [-0.2, -0.15) is 0 Å². The Balaban J connectivity index is 1.75. The minimum atomic E-state index is -0.150. The van der Waals surface area contributed by atoms with Crippen molar-refractivity contribution in [1.82, 2.24) is 9.88 Å². The lowest BCUT2D eigenvalue weighted by Crippen LogP contribution is -2.45. The van der Waals surface area contributed by atoms with Gasteiger partial charge in [-0.3, -0.25) is 9.59 Å². The molecule has 21 heavy (non-hydrogen) atoms. The monoisotopic (exact) mass is 289 g/mol. The largest absolute Gasteiger partial charge is 0.340 e. The van der Waals surface area contributed by atoms with Gasteiger partial charge in [-0.15, -0.1) is 0 Å². The standard InChI is InChI=1S/C16H23N3O2/c1-10-6-11(2)18-15(21)12(10)7-14(20)19-8-13(17)16(9-19)4-3-5-16/h6,13H,3-5,7-9,17H2,1-2H3,(H,18,21). The van der Waals surface area contributed by atoms with Crippen molar-refractivity contribution in [3.63, 3.8) is 0 Å². The number of amides is 1. The number of rotatable bonds is 2. The zero-order valence-corrected chi connectivity index (χ0v) is 12.7. The third-order valence-corrected chi connectivity index (χ3v) is 5.23. The topological polar surface area (TPSA) is 79.2 Å². The minimum Gasteiger partial charge on any atom is -0.340 e. The van der Waals surface area contributed by atoms with Crippen LogP contribution in [0.2, 0.25) is 0 Å². The van der Waals surface area contributed by atoms with Gasteiger partial charge in [-0.25, -0.2) is 0 Å². The molecule has 1 aliphatic carbocycles. The molecule has 5 heteroatoms. The fraction of sp³-hybridized carbons (Fsp3) is 0.625. The van der Waals surface area contributed by atoms with Gasteiger partial charge in [0.1, 0.15) is 0 Å². The Morgan fingerprint density at radius 3 is 2.71 bits per heavy atom. The number of hydrogen-bond acceptors (Lipinski definition) is 3. The second kappa shape index (κ2) is 4.98. The van der Waals surface area contributed by atoms with Crippen LogP contribution >= 0.6 is 0 Å². The van der Waals surface area contributed by atoms with Gasteiger partial charge in [0.05, 0.1) is 6.42 Å². The number of carbonyl (C=O) groups is 1. The van der Waals surface area contributed by atoms with Gasteiger partial charge < -0.3 is 15.6 Å². The number of aryl methyl sites for hydroxylation is 2. The van der Waals surface area contributed by atoms with Crippen LogP contribution < -0.4 is 11.3 Å². The first-order valence-corrected chi connectivity index (χ1v) is 7.64. The van der Waals surface area contributed by atoms with E-state index in [1.165, 1.54) is 6.42 Å². The van der Waals surface area contributed by atoms with Crippen LogP contribution in [-0.2, 0) is 11.2 Å². The SMILES string of the molecule is Cc1cc(C)c(CC(=O)N2CC(N)C3(CCC3)C2)c(=O)[nH]1. The average Bonchev–Trinajstić information content (AvgIpc) is 2.71. The molecule has 1 aliphatic heterocycles. The molecule has 1 spiro atoms. The normalized spacial score (nSPS) is 23.4. The Morgan fingerprint density at radius 2 is 2.19 bits per heavy atom. The van der Waals surface area contributed by atoms with Crippen LogP contribution in [0.4, 0.5) is 0 Å². The van der Waals surface area contributed by atoms with Crippen molar-refractivity contribution in [2.75, 3.05) is 13.1 Å². The van der Waals surface area contributed by atoms with E-state index in [4.69, 9.17) is 5.73 Å². The summed E-state index contributed by atoms with van der Waals surface area (Å²) in [7, 11) is 0. The lowest BCUT2D eigenvalue weighted by atomic mass is 9.66. The van der Waals surface area contributed by atoms with Crippen LogP contribution in [0.5, 0.6) is 0 Å².